The van der Waals surface area contributed by atoms with E-state index in [1.807, 2.05) is 43.3 Å². The number of aryl methyl sites for hydroxylation is 1. The van der Waals surface area contributed by atoms with E-state index >= 15 is 0 Å². The molecule has 0 saturated carbocycles. The minimum absolute atomic E-state index is 0.0302. The van der Waals surface area contributed by atoms with Crippen LogP contribution in [0.1, 0.15) is 19.6 Å². The molecule has 0 unspecified atom stereocenters. The van der Waals surface area contributed by atoms with E-state index in [1.165, 1.54) is 11.3 Å². The molecule has 1 amide bonds. The highest BCUT2D eigenvalue weighted by molar-refractivity contribution is 7.18. The van der Waals surface area contributed by atoms with Crippen LogP contribution in [-0.4, -0.2) is 10.9 Å². The Morgan fingerprint density at radius 2 is 2.05 bits per heavy atom. The standard InChI is InChI=1S/C14H12N2OS2/c1-9-6-7-12(18-9)14(17)15-8-13-16-10-4-2-3-5-11(10)19-13/h2-7H,8H2,1H3,(H,15,17). The first-order chi connectivity index (χ1) is 9.22. The SMILES string of the molecule is Cc1ccc(C(=O)NCc2nc3ccccc3s2)s1. The van der Waals surface area contributed by atoms with Crippen molar-refractivity contribution in [3.05, 3.63) is 51.2 Å². The van der Waals surface area contributed by atoms with Crippen molar-refractivity contribution in [1.82, 2.24) is 10.3 Å². The predicted molar refractivity (Wildman–Crippen MR) is 79.8 cm³/mol. The molecule has 1 N–H and O–H groups in total. The monoisotopic (exact) mass is 288 g/mol. The maximum atomic E-state index is 11.9. The largest absolute Gasteiger partial charge is 0.345 e. The fourth-order valence-electron chi connectivity index (χ4n) is 1.80. The van der Waals surface area contributed by atoms with Crippen LogP contribution in [-0.2, 0) is 6.54 Å². The van der Waals surface area contributed by atoms with Gasteiger partial charge in [0.1, 0.15) is 5.01 Å². The van der Waals surface area contributed by atoms with E-state index in [4.69, 9.17) is 0 Å². The number of carbonyl (C=O) groups is 1. The lowest BCUT2D eigenvalue weighted by molar-refractivity contribution is 0.0955. The molecular weight excluding hydrogens is 276 g/mol. The van der Waals surface area contributed by atoms with Gasteiger partial charge in [0.25, 0.3) is 5.91 Å². The normalized spacial score (nSPS) is 10.8. The Bertz CT molecular complexity index is 697. The summed E-state index contributed by atoms with van der Waals surface area (Å²) in [7, 11) is 0. The summed E-state index contributed by atoms with van der Waals surface area (Å²) in [5, 5.41) is 3.84. The van der Waals surface area contributed by atoms with Gasteiger partial charge >= 0.3 is 0 Å². The summed E-state index contributed by atoms with van der Waals surface area (Å²) in [5.41, 5.74) is 0.990. The number of thiophene rings is 1. The molecule has 5 heteroatoms. The number of hydrogen-bond acceptors (Lipinski definition) is 4. The van der Waals surface area contributed by atoms with Crippen LogP contribution in [0.2, 0.25) is 0 Å². The second kappa shape index (κ2) is 5.11. The lowest BCUT2D eigenvalue weighted by Crippen LogP contribution is -2.21. The zero-order valence-corrected chi connectivity index (χ0v) is 12.0. The van der Waals surface area contributed by atoms with Crippen molar-refractivity contribution in [1.29, 1.82) is 0 Å². The molecule has 96 valence electrons. The molecule has 0 atom stereocenters. The number of fused-ring (bicyclic) bond motifs is 1. The Labute approximate surface area is 118 Å². The molecule has 0 saturated heterocycles. The van der Waals surface area contributed by atoms with Gasteiger partial charge in [0.15, 0.2) is 0 Å². The quantitative estimate of drug-likeness (QED) is 0.800. The molecule has 2 aromatic heterocycles. The second-order valence-electron chi connectivity index (χ2n) is 4.17. The Kier molecular flexibility index (Phi) is 3.31. The second-order valence-corrected chi connectivity index (χ2v) is 6.57. The van der Waals surface area contributed by atoms with Crippen molar-refractivity contribution in [2.45, 2.75) is 13.5 Å². The van der Waals surface area contributed by atoms with E-state index in [0.717, 1.165) is 25.0 Å². The molecule has 3 aromatic rings. The summed E-state index contributed by atoms with van der Waals surface area (Å²) in [6, 6.07) is 11.8. The van der Waals surface area contributed by atoms with E-state index in [1.54, 1.807) is 11.3 Å². The number of carbonyl (C=O) groups excluding carboxylic acids is 1. The summed E-state index contributed by atoms with van der Waals surface area (Å²) < 4.78 is 1.15. The van der Waals surface area contributed by atoms with E-state index in [0.29, 0.717) is 6.54 Å². The first kappa shape index (κ1) is 12.3. The number of amides is 1. The number of nitrogens with one attached hydrogen (secondary N) is 1. The third kappa shape index (κ3) is 2.67. The highest BCUT2D eigenvalue weighted by atomic mass is 32.1. The van der Waals surface area contributed by atoms with Gasteiger partial charge in [0.2, 0.25) is 0 Å². The molecule has 2 heterocycles. The van der Waals surface area contributed by atoms with Crippen molar-refractivity contribution >= 4 is 38.8 Å². The lowest BCUT2D eigenvalue weighted by Gasteiger charge is -1.99. The topological polar surface area (TPSA) is 42.0 Å². The molecule has 3 nitrogen and oxygen atoms in total. The van der Waals surface area contributed by atoms with Crippen molar-refractivity contribution in [2.24, 2.45) is 0 Å². The number of rotatable bonds is 3. The molecule has 3 rings (SSSR count). The molecule has 1 aromatic carbocycles. The Morgan fingerprint density at radius 3 is 2.79 bits per heavy atom. The molecule has 0 aliphatic carbocycles. The Morgan fingerprint density at radius 1 is 1.21 bits per heavy atom. The van der Waals surface area contributed by atoms with E-state index in [-0.39, 0.29) is 5.91 Å². The summed E-state index contributed by atoms with van der Waals surface area (Å²) in [4.78, 5) is 18.3. The van der Waals surface area contributed by atoms with Gasteiger partial charge in [-0.15, -0.1) is 22.7 Å². The minimum atomic E-state index is -0.0302. The lowest BCUT2D eigenvalue weighted by atomic mass is 10.3. The number of benzene rings is 1. The zero-order chi connectivity index (χ0) is 13.2. The molecule has 0 aliphatic heterocycles. The zero-order valence-electron chi connectivity index (χ0n) is 10.3. The molecule has 19 heavy (non-hydrogen) atoms. The molecule has 0 fully saturated rings. The summed E-state index contributed by atoms with van der Waals surface area (Å²) in [6.07, 6.45) is 0. The van der Waals surface area contributed by atoms with Crippen LogP contribution in [0.5, 0.6) is 0 Å². The summed E-state index contributed by atoms with van der Waals surface area (Å²) in [5.74, 6) is -0.0302. The highest BCUT2D eigenvalue weighted by Gasteiger charge is 2.09. The Hall–Kier alpha value is -1.72. The van der Waals surface area contributed by atoms with Crippen molar-refractivity contribution < 1.29 is 4.79 Å². The van der Waals surface area contributed by atoms with Gasteiger partial charge < -0.3 is 5.32 Å². The summed E-state index contributed by atoms with van der Waals surface area (Å²) in [6.45, 7) is 2.48. The predicted octanol–water partition coefficient (Wildman–Crippen LogP) is 3.60. The van der Waals surface area contributed by atoms with Crippen LogP contribution in [0.4, 0.5) is 0 Å². The highest BCUT2D eigenvalue weighted by Crippen LogP contribution is 2.21. The van der Waals surface area contributed by atoms with Crippen LogP contribution in [0.3, 0.4) is 0 Å². The number of hydrogen-bond donors (Lipinski definition) is 1. The Balaban J connectivity index is 1.70. The fraction of sp³-hybridized carbons (Fsp3) is 0.143. The van der Waals surface area contributed by atoms with Crippen LogP contribution < -0.4 is 5.32 Å². The maximum absolute atomic E-state index is 11.9. The van der Waals surface area contributed by atoms with Crippen LogP contribution in [0.15, 0.2) is 36.4 Å². The van der Waals surface area contributed by atoms with Gasteiger partial charge in [0.05, 0.1) is 21.6 Å². The molecule has 0 radical (unpaired) electrons. The van der Waals surface area contributed by atoms with Crippen LogP contribution >= 0.6 is 22.7 Å². The smallest absolute Gasteiger partial charge is 0.261 e. The van der Waals surface area contributed by atoms with Crippen molar-refractivity contribution in [3.63, 3.8) is 0 Å². The van der Waals surface area contributed by atoms with Crippen molar-refractivity contribution in [3.8, 4) is 0 Å². The minimum Gasteiger partial charge on any atom is -0.345 e. The van der Waals surface area contributed by atoms with Crippen LogP contribution in [0, 0.1) is 6.92 Å². The first-order valence-corrected chi connectivity index (χ1v) is 7.55. The van der Waals surface area contributed by atoms with Gasteiger partial charge in [0, 0.05) is 4.88 Å². The van der Waals surface area contributed by atoms with Gasteiger partial charge in [-0.2, -0.15) is 0 Å². The third-order valence-corrected chi connectivity index (χ3v) is 4.74. The van der Waals surface area contributed by atoms with Gasteiger partial charge in [-0.05, 0) is 31.2 Å². The average molecular weight is 288 g/mol. The molecule has 0 bridgehead atoms. The maximum Gasteiger partial charge on any atom is 0.261 e. The average Bonchev–Trinajstić information content (AvgIpc) is 3.01. The fourth-order valence-corrected chi connectivity index (χ4v) is 3.49. The van der Waals surface area contributed by atoms with Crippen LogP contribution in [0.25, 0.3) is 10.2 Å². The number of thiazole rings is 1. The molecular formula is C14H12N2OS2. The van der Waals surface area contributed by atoms with E-state index < -0.39 is 0 Å². The first-order valence-electron chi connectivity index (χ1n) is 5.91. The third-order valence-electron chi connectivity index (χ3n) is 2.70. The van der Waals surface area contributed by atoms with Gasteiger partial charge in [-0.3, -0.25) is 4.79 Å². The number of aromatic nitrogens is 1. The van der Waals surface area contributed by atoms with E-state index in [2.05, 4.69) is 10.3 Å². The van der Waals surface area contributed by atoms with E-state index in [9.17, 15) is 4.79 Å². The number of nitrogens with zero attached hydrogens (tertiary/aromatic N) is 1. The van der Waals surface area contributed by atoms with Crippen molar-refractivity contribution in [2.75, 3.05) is 0 Å². The number of para-hydroxylation sites is 1. The summed E-state index contributed by atoms with van der Waals surface area (Å²) >= 11 is 3.12. The molecule has 0 aliphatic rings. The van der Waals surface area contributed by atoms with Gasteiger partial charge in [-0.25, -0.2) is 4.98 Å². The molecule has 0 spiro atoms. The van der Waals surface area contributed by atoms with Gasteiger partial charge in [-0.1, -0.05) is 12.1 Å².